The number of aromatic nitrogens is 4. The third-order valence-electron chi connectivity index (χ3n) is 4.01. The summed E-state index contributed by atoms with van der Waals surface area (Å²) in [5.41, 5.74) is 2.71. The molecule has 1 unspecified atom stereocenters. The fourth-order valence-corrected chi connectivity index (χ4v) is 2.56. The number of aromatic hydroxyl groups is 1. The normalized spacial score (nSPS) is 12.4. The molecule has 0 amide bonds. The van der Waals surface area contributed by atoms with Gasteiger partial charge in [-0.2, -0.15) is 0 Å². The van der Waals surface area contributed by atoms with E-state index in [0.29, 0.717) is 11.6 Å². The highest BCUT2D eigenvalue weighted by atomic mass is 16.3. The van der Waals surface area contributed by atoms with Crippen LogP contribution in [0, 0.1) is 0 Å². The monoisotopic (exact) mass is 362 g/mol. The molecule has 138 valence electrons. The average molecular weight is 362 g/mol. The third-order valence-corrected chi connectivity index (χ3v) is 4.01. The molecule has 0 saturated carbocycles. The van der Waals surface area contributed by atoms with Crippen LogP contribution in [0.1, 0.15) is 31.7 Å². The van der Waals surface area contributed by atoms with E-state index in [1.54, 1.807) is 19.3 Å². The molecule has 27 heavy (non-hydrogen) atoms. The van der Waals surface area contributed by atoms with Crippen LogP contribution in [0.4, 0.5) is 0 Å². The number of hydrogen-bond donors (Lipinski definition) is 2. The Balaban J connectivity index is 1.63. The van der Waals surface area contributed by atoms with Crippen molar-refractivity contribution >= 4 is 6.08 Å². The highest BCUT2D eigenvalue weighted by Crippen LogP contribution is 2.21. The van der Waals surface area contributed by atoms with Gasteiger partial charge in [0.05, 0.1) is 18.5 Å². The Morgan fingerprint density at radius 3 is 1.93 bits per heavy atom. The van der Waals surface area contributed by atoms with E-state index in [2.05, 4.69) is 26.0 Å². The molecule has 0 spiro atoms. The summed E-state index contributed by atoms with van der Waals surface area (Å²) in [5.74, 6) is 1.25. The predicted octanol–water partition coefficient (Wildman–Crippen LogP) is 3.87. The number of aliphatic hydroxyl groups is 1. The number of allylic oxidation sites excluding steroid dienone is 1. The van der Waals surface area contributed by atoms with Gasteiger partial charge in [-0.05, 0) is 26.2 Å². The summed E-state index contributed by atoms with van der Waals surface area (Å²) in [7, 11) is 0. The van der Waals surface area contributed by atoms with Crippen LogP contribution in [0.15, 0.2) is 55.1 Å². The van der Waals surface area contributed by atoms with E-state index in [9.17, 15) is 10.2 Å². The minimum absolute atomic E-state index is 0.0425. The zero-order valence-electron chi connectivity index (χ0n) is 15.2. The lowest BCUT2D eigenvalue weighted by Crippen LogP contribution is -1.97. The zero-order valence-corrected chi connectivity index (χ0v) is 15.2. The van der Waals surface area contributed by atoms with E-state index in [4.69, 9.17) is 0 Å². The van der Waals surface area contributed by atoms with Gasteiger partial charge in [-0.25, -0.2) is 19.9 Å². The standard InChI is InChI=1S/C21H22N4O2/c1-15(26)5-3-2-4-6-16-11-22-20(23-12-16)17-7-9-18(10-8-17)21-24-13-19(27)14-25-21/h4,6-15,26-27H,2-3,5H2,1H3. The molecule has 0 aliphatic heterocycles. The molecule has 0 fully saturated rings. The van der Waals surface area contributed by atoms with Gasteiger partial charge in [-0.1, -0.05) is 36.4 Å². The van der Waals surface area contributed by atoms with Crippen molar-refractivity contribution in [1.82, 2.24) is 19.9 Å². The maximum Gasteiger partial charge on any atom is 0.159 e. The van der Waals surface area contributed by atoms with Crippen molar-refractivity contribution in [2.75, 3.05) is 0 Å². The second kappa shape index (κ2) is 9.00. The first-order valence-corrected chi connectivity index (χ1v) is 8.90. The Hall–Kier alpha value is -3.12. The molecule has 6 nitrogen and oxygen atoms in total. The third kappa shape index (κ3) is 5.43. The second-order valence-electron chi connectivity index (χ2n) is 6.36. The fraction of sp³-hybridized carbons (Fsp3) is 0.238. The molecule has 0 saturated heterocycles. The molecule has 0 aliphatic rings. The van der Waals surface area contributed by atoms with Gasteiger partial charge in [0.15, 0.2) is 17.4 Å². The highest BCUT2D eigenvalue weighted by molar-refractivity contribution is 5.63. The summed E-state index contributed by atoms with van der Waals surface area (Å²) >= 11 is 0. The topological polar surface area (TPSA) is 92.0 Å². The van der Waals surface area contributed by atoms with E-state index < -0.39 is 0 Å². The lowest BCUT2D eigenvalue weighted by atomic mass is 10.1. The second-order valence-corrected chi connectivity index (χ2v) is 6.36. The number of rotatable bonds is 7. The van der Waals surface area contributed by atoms with Gasteiger partial charge in [-0.3, -0.25) is 0 Å². The number of benzene rings is 1. The predicted molar refractivity (Wildman–Crippen MR) is 105 cm³/mol. The molecule has 0 radical (unpaired) electrons. The van der Waals surface area contributed by atoms with Gasteiger partial charge < -0.3 is 10.2 Å². The molecule has 0 bridgehead atoms. The van der Waals surface area contributed by atoms with Crippen molar-refractivity contribution < 1.29 is 10.2 Å². The molecule has 1 atom stereocenters. The molecule has 2 N–H and O–H groups in total. The molecule has 3 rings (SSSR count). The Kier molecular flexibility index (Phi) is 6.22. The Morgan fingerprint density at radius 2 is 1.41 bits per heavy atom. The van der Waals surface area contributed by atoms with Crippen LogP contribution in [-0.4, -0.2) is 36.3 Å². The van der Waals surface area contributed by atoms with Gasteiger partial charge in [0.2, 0.25) is 0 Å². The maximum atomic E-state index is 9.26. The van der Waals surface area contributed by atoms with Gasteiger partial charge >= 0.3 is 0 Å². The Bertz CT molecular complexity index is 874. The molecular formula is C21H22N4O2. The zero-order chi connectivity index (χ0) is 19.1. The minimum atomic E-state index is -0.243. The summed E-state index contributed by atoms with van der Waals surface area (Å²) in [6.07, 6.45) is 12.9. The van der Waals surface area contributed by atoms with Crippen LogP contribution < -0.4 is 0 Å². The van der Waals surface area contributed by atoms with Crippen LogP contribution in [-0.2, 0) is 0 Å². The molecular weight excluding hydrogens is 340 g/mol. The van der Waals surface area contributed by atoms with E-state index in [-0.39, 0.29) is 11.9 Å². The van der Waals surface area contributed by atoms with Gasteiger partial charge in [-0.15, -0.1) is 0 Å². The minimum Gasteiger partial charge on any atom is -0.505 e. The highest BCUT2D eigenvalue weighted by Gasteiger charge is 2.04. The first kappa shape index (κ1) is 18.7. The first-order chi connectivity index (χ1) is 13.1. The average Bonchev–Trinajstić information content (AvgIpc) is 2.69. The summed E-state index contributed by atoms with van der Waals surface area (Å²) in [6, 6.07) is 7.65. The summed E-state index contributed by atoms with van der Waals surface area (Å²) in [5, 5.41) is 18.5. The van der Waals surface area contributed by atoms with Crippen molar-refractivity contribution in [3.63, 3.8) is 0 Å². The van der Waals surface area contributed by atoms with E-state index in [0.717, 1.165) is 36.0 Å². The first-order valence-electron chi connectivity index (χ1n) is 8.90. The quantitative estimate of drug-likeness (QED) is 0.620. The number of aliphatic hydroxyl groups excluding tert-OH is 1. The largest absolute Gasteiger partial charge is 0.505 e. The summed E-state index contributed by atoms with van der Waals surface area (Å²) < 4.78 is 0. The van der Waals surface area contributed by atoms with Crippen LogP contribution in [0.25, 0.3) is 28.9 Å². The fourth-order valence-electron chi connectivity index (χ4n) is 2.56. The van der Waals surface area contributed by atoms with Gasteiger partial charge in [0.25, 0.3) is 0 Å². The van der Waals surface area contributed by atoms with Crippen molar-refractivity contribution in [1.29, 1.82) is 0 Å². The van der Waals surface area contributed by atoms with Crippen LogP contribution in [0.2, 0.25) is 0 Å². The smallest absolute Gasteiger partial charge is 0.159 e. The maximum absolute atomic E-state index is 9.26. The van der Waals surface area contributed by atoms with Gasteiger partial charge in [0, 0.05) is 29.1 Å². The Morgan fingerprint density at radius 1 is 0.889 bits per heavy atom. The van der Waals surface area contributed by atoms with Crippen molar-refractivity contribution in [3.8, 4) is 28.5 Å². The van der Waals surface area contributed by atoms with Gasteiger partial charge in [0.1, 0.15) is 0 Å². The molecule has 2 heterocycles. The summed E-state index contributed by atoms with van der Waals surface area (Å²) in [4.78, 5) is 17.0. The van der Waals surface area contributed by atoms with E-state index in [1.807, 2.05) is 30.3 Å². The molecule has 6 heteroatoms. The van der Waals surface area contributed by atoms with Crippen LogP contribution in [0.5, 0.6) is 5.75 Å². The number of nitrogens with zero attached hydrogens (tertiary/aromatic N) is 4. The molecule has 2 aromatic heterocycles. The number of unbranched alkanes of at least 4 members (excludes halogenated alkanes) is 1. The lowest BCUT2D eigenvalue weighted by Gasteiger charge is -2.03. The SMILES string of the molecule is CC(O)CCCC=Cc1cnc(-c2ccc(-c3ncc(O)cn3)cc2)nc1. The van der Waals surface area contributed by atoms with Crippen molar-refractivity contribution in [3.05, 3.63) is 60.7 Å². The Labute approximate surface area is 158 Å². The molecule has 0 aliphatic carbocycles. The van der Waals surface area contributed by atoms with Crippen molar-refractivity contribution in [2.24, 2.45) is 0 Å². The van der Waals surface area contributed by atoms with E-state index >= 15 is 0 Å². The molecule has 3 aromatic rings. The van der Waals surface area contributed by atoms with Crippen molar-refractivity contribution in [2.45, 2.75) is 32.3 Å². The molecule has 1 aromatic carbocycles. The summed E-state index contributed by atoms with van der Waals surface area (Å²) in [6.45, 7) is 1.81. The van der Waals surface area contributed by atoms with Crippen LogP contribution >= 0.6 is 0 Å². The lowest BCUT2D eigenvalue weighted by molar-refractivity contribution is 0.182. The number of hydrogen-bond acceptors (Lipinski definition) is 6. The van der Waals surface area contributed by atoms with Crippen LogP contribution in [0.3, 0.4) is 0 Å². The van der Waals surface area contributed by atoms with E-state index in [1.165, 1.54) is 12.4 Å².